The number of carbonyl (C=O) groups excluding carboxylic acids is 1. The van der Waals surface area contributed by atoms with Gasteiger partial charge in [-0.3, -0.25) is 4.79 Å². The van der Waals surface area contributed by atoms with Crippen LogP contribution in [0.4, 0.5) is 17.5 Å². The summed E-state index contributed by atoms with van der Waals surface area (Å²) in [6.45, 7) is 3.45. The average Bonchev–Trinajstić information content (AvgIpc) is 3.48. The molecule has 3 aromatic heterocycles. The molecule has 11 heteroatoms. The smallest absolute Gasteiger partial charge is 0.251 e. The molecule has 0 bridgehead atoms. The number of fused-ring (bicyclic) bond motifs is 2. The second-order valence-electron chi connectivity index (χ2n) is 7.54. The first-order valence-electron chi connectivity index (χ1n) is 10.3. The highest BCUT2D eigenvalue weighted by molar-refractivity contribution is 5.98. The summed E-state index contributed by atoms with van der Waals surface area (Å²) in [4.78, 5) is 31.8. The van der Waals surface area contributed by atoms with Gasteiger partial charge in [-0.05, 0) is 17.7 Å². The highest BCUT2D eigenvalue weighted by Gasteiger charge is 2.20. The fourth-order valence-corrected chi connectivity index (χ4v) is 3.94. The number of amides is 1. The molecule has 2 N–H and O–H groups in total. The number of rotatable bonds is 4. The Balaban J connectivity index is 1.29. The Morgan fingerprint density at radius 1 is 1.03 bits per heavy atom. The van der Waals surface area contributed by atoms with E-state index in [2.05, 4.69) is 40.6 Å². The molecule has 0 atom stereocenters. The largest absolute Gasteiger partial charge is 0.378 e. The van der Waals surface area contributed by atoms with Gasteiger partial charge in [0.25, 0.3) is 5.91 Å². The van der Waals surface area contributed by atoms with Crippen molar-refractivity contribution < 1.29 is 9.53 Å². The molecular formula is C21H19N9O2. The van der Waals surface area contributed by atoms with Crippen molar-refractivity contribution in [3.8, 4) is 11.3 Å². The number of nitrogens with zero attached hydrogens (tertiary/aromatic N) is 7. The fraction of sp³-hybridized carbons (Fsp3) is 0.238. The number of anilines is 3. The van der Waals surface area contributed by atoms with Crippen molar-refractivity contribution >= 4 is 29.0 Å². The number of benzene rings is 1. The monoisotopic (exact) mass is 429 g/mol. The summed E-state index contributed by atoms with van der Waals surface area (Å²) >= 11 is 0. The van der Waals surface area contributed by atoms with Crippen LogP contribution in [0.5, 0.6) is 0 Å². The minimum Gasteiger partial charge on any atom is -0.378 e. The third kappa shape index (κ3) is 3.19. The lowest BCUT2D eigenvalue weighted by atomic mass is 10.0. The zero-order chi connectivity index (χ0) is 21.5. The SMILES string of the molecule is O=C1NCc2cc(-c3cnc(Nc4cnc(N5CCOCC5)nc4)c4ncnn34)ccc21. The van der Waals surface area contributed by atoms with Crippen LogP contribution in [0.25, 0.3) is 16.9 Å². The zero-order valence-electron chi connectivity index (χ0n) is 17.0. The number of nitrogens with one attached hydrogen (secondary N) is 2. The van der Waals surface area contributed by atoms with Crippen molar-refractivity contribution in [1.82, 2.24) is 34.9 Å². The van der Waals surface area contributed by atoms with Crippen LogP contribution < -0.4 is 15.5 Å². The normalized spacial score (nSPS) is 15.6. The lowest BCUT2D eigenvalue weighted by Gasteiger charge is -2.26. The van der Waals surface area contributed by atoms with E-state index in [4.69, 9.17) is 4.74 Å². The van der Waals surface area contributed by atoms with Gasteiger partial charge in [0, 0.05) is 30.8 Å². The number of ether oxygens (including phenoxy) is 1. The molecule has 2 aliphatic rings. The second kappa shape index (κ2) is 7.54. The Labute approximate surface area is 182 Å². The van der Waals surface area contributed by atoms with Gasteiger partial charge in [-0.25, -0.2) is 24.5 Å². The van der Waals surface area contributed by atoms with Crippen molar-refractivity contribution in [3.63, 3.8) is 0 Å². The molecule has 1 saturated heterocycles. The van der Waals surface area contributed by atoms with E-state index in [1.54, 1.807) is 23.1 Å². The summed E-state index contributed by atoms with van der Waals surface area (Å²) in [5, 5.41) is 10.4. The van der Waals surface area contributed by atoms with Gasteiger partial charge in [0.1, 0.15) is 6.33 Å². The van der Waals surface area contributed by atoms with E-state index in [0.29, 0.717) is 48.4 Å². The molecule has 0 unspecified atom stereocenters. The molecule has 1 amide bonds. The topological polar surface area (TPSA) is 122 Å². The van der Waals surface area contributed by atoms with Crippen LogP contribution in [0.15, 0.2) is 43.1 Å². The number of morpholine rings is 1. The van der Waals surface area contributed by atoms with E-state index in [-0.39, 0.29) is 5.91 Å². The minimum absolute atomic E-state index is 0.0445. The number of hydrogen-bond donors (Lipinski definition) is 2. The van der Waals surface area contributed by atoms with Crippen LogP contribution in [0.3, 0.4) is 0 Å². The summed E-state index contributed by atoms with van der Waals surface area (Å²) < 4.78 is 7.10. The number of carbonyl (C=O) groups is 1. The Morgan fingerprint density at radius 2 is 1.88 bits per heavy atom. The molecule has 6 rings (SSSR count). The van der Waals surface area contributed by atoms with Gasteiger partial charge in [-0.15, -0.1) is 0 Å². The molecular weight excluding hydrogens is 410 g/mol. The van der Waals surface area contributed by atoms with Crippen molar-refractivity contribution in [2.75, 3.05) is 36.5 Å². The first-order chi connectivity index (χ1) is 15.8. The summed E-state index contributed by atoms with van der Waals surface area (Å²) in [6.07, 6.45) is 6.68. The molecule has 160 valence electrons. The molecule has 2 aliphatic heterocycles. The van der Waals surface area contributed by atoms with Crippen molar-refractivity contribution in [2.24, 2.45) is 0 Å². The predicted octanol–water partition coefficient (Wildman–Crippen LogP) is 1.40. The number of aromatic nitrogens is 6. The molecule has 4 aromatic rings. The van der Waals surface area contributed by atoms with Gasteiger partial charge < -0.3 is 20.3 Å². The van der Waals surface area contributed by atoms with Gasteiger partial charge in [0.15, 0.2) is 11.5 Å². The molecule has 1 aromatic carbocycles. The van der Waals surface area contributed by atoms with Crippen LogP contribution in [0.1, 0.15) is 15.9 Å². The molecule has 32 heavy (non-hydrogen) atoms. The molecule has 0 aliphatic carbocycles. The third-order valence-electron chi connectivity index (χ3n) is 5.58. The second-order valence-corrected chi connectivity index (χ2v) is 7.54. The summed E-state index contributed by atoms with van der Waals surface area (Å²) in [6, 6.07) is 5.71. The van der Waals surface area contributed by atoms with Crippen LogP contribution in [0.2, 0.25) is 0 Å². The first-order valence-corrected chi connectivity index (χ1v) is 10.3. The molecule has 0 radical (unpaired) electrons. The van der Waals surface area contributed by atoms with Crippen molar-refractivity contribution in [2.45, 2.75) is 6.54 Å². The lowest BCUT2D eigenvalue weighted by Crippen LogP contribution is -2.37. The molecule has 1 fully saturated rings. The summed E-state index contributed by atoms with van der Waals surface area (Å²) in [5.41, 5.74) is 4.64. The van der Waals surface area contributed by atoms with E-state index in [9.17, 15) is 4.79 Å². The first kappa shape index (κ1) is 18.6. The van der Waals surface area contributed by atoms with E-state index >= 15 is 0 Å². The Kier molecular flexibility index (Phi) is 4.39. The van der Waals surface area contributed by atoms with E-state index < -0.39 is 0 Å². The van der Waals surface area contributed by atoms with Gasteiger partial charge in [0.05, 0.1) is 43.2 Å². The van der Waals surface area contributed by atoms with Crippen LogP contribution in [-0.4, -0.2) is 61.8 Å². The molecule has 5 heterocycles. The van der Waals surface area contributed by atoms with Crippen LogP contribution in [-0.2, 0) is 11.3 Å². The third-order valence-corrected chi connectivity index (χ3v) is 5.58. The number of hydrogen-bond acceptors (Lipinski definition) is 9. The highest BCUT2D eigenvalue weighted by atomic mass is 16.5. The Morgan fingerprint density at radius 3 is 2.72 bits per heavy atom. The zero-order valence-corrected chi connectivity index (χ0v) is 17.0. The van der Waals surface area contributed by atoms with Crippen molar-refractivity contribution in [1.29, 1.82) is 0 Å². The van der Waals surface area contributed by atoms with E-state index in [1.165, 1.54) is 6.33 Å². The molecule has 0 saturated carbocycles. The lowest BCUT2D eigenvalue weighted by molar-refractivity contribution is 0.0965. The fourth-order valence-electron chi connectivity index (χ4n) is 3.94. The predicted molar refractivity (Wildman–Crippen MR) is 116 cm³/mol. The standard InChI is InChI=1S/C21H19N9O2/c31-20-16-2-1-13(7-14(16)8-23-20)17-11-22-18(19-26-12-27-30(17)19)28-15-9-24-21(25-10-15)29-3-5-32-6-4-29/h1-2,7,9-12H,3-6,8H2,(H,22,28)(H,23,31). The average molecular weight is 429 g/mol. The summed E-state index contributed by atoms with van der Waals surface area (Å²) in [5.74, 6) is 1.18. The molecule has 0 spiro atoms. The van der Waals surface area contributed by atoms with Gasteiger partial charge >= 0.3 is 0 Å². The van der Waals surface area contributed by atoms with E-state index in [0.717, 1.165) is 29.9 Å². The van der Waals surface area contributed by atoms with Crippen LogP contribution >= 0.6 is 0 Å². The van der Waals surface area contributed by atoms with Crippen LogP contribution in [0, 0.1) is 0 Å². The Hall–Kier alpha value is -4.12. The maximum atomic E-state index is 11.8. The minimum atomic E-state index is -0.0445. The van der Waals surface area contributed by atoms with Gasteiger partial charge in [0.2, 0.25) is 5.95 Å². The quantitative estimate of drug-likeness (QED) is 0.496. The van der Waals surface area contributed by atoms with Crippen molar-refractivity contribution in [3.05, 3.63) is 54.2 Å². The van der Waals surface area contributed by atoms with Gasteiger partial charge in [-0.1, -0.05) is 6.07 Å². The highest BCUT2D eigenvalue weighted by Crippen LogP contribution is 2.27. The van der Waals surface area contributed by atoms with Gasteiger partial charge in [-0.2, -0.15) is 5.10 Å². The Bertz CT molecular complexity index is 1310. The van der Waals surface area contributed by atoms with E-state index in [1.807, 2.05) is 18.2 Å². The maximum absolute atomic E-state index is 11.8. The molecule has 11 nitrogen and oxygen atoms in total. The summed E-state index contributed by atoms with van der Waals surface area (Å²) in [7, 11) is 0. The maximum Gasteiger partial charge on any atom is 0.251 e.